The van der Waals surface area contributed by atoms with Crippen LogP contribution in [0.3, 0.4) is 0 Å². The fraction of sp³-hybridized carbons (Fsp3) is 0.700. The van der Waals surface area contributed by atoms with Gasteiger partial charge in [0.05, 0.1) is 18.3 Å². The Morgan fingerprint density at radius 3 is 2.97 bits per heavy atom. The van der Waals surface area contributed by atoms with Gasteiger partial charge >= 0.3 is 5.69 Å². The zero-order chi connectivity index (χ0) is 22.6. The second kappa shape index (κ2) is 8.56. The number of rotatable bonds is 5. The van der Waals surface area contributed by atoms with Crippen molar-refractivity contribution in [2.75, 3.05) is 6.61 Å². The Hall–Kier alpha value is -0.740. The number of hydrogen-bond donors (Lipinski definition) is 2. The minimum atomic E-state index is -2.52. The van der Waals surface area contributed by atoms with Crippen molar-refractivity contribution in [3.63, 3.8) is 0 Å². The molecule has 3 fully saturated rings. The number of hydrogen-bond acceptors (Lipinski definition) is 8. The Balaban J connectivity index is 1.40. The van der Waals surface area contributed by atoms with Gasteiger partial charge in [0.25, 0.3) is 5.56 Å². The highest BCUT2D eigenvalue weighted by molar-refractivity contribution is 8.68. The van der Waals surface area contributed by atoms with Gasteiger partial charge in [-0.15, -0.1) is 0 Å². The first-order chi connectivity index (χ1) is 14.5. The highest BCUT2D eigenvalue weighted by Crippen LogP contribution is 2.74. The van der Waals surface area contributed by atoms with Gasteiger partial charge < -0.3 is 19.5 Å². The molecule has 1 aromatic heterocycles. The molecule has 0 amide bonds. The van der Waals surface area contributed by atoms with Gasteiger partial charge in [0.2, 0.25) is 5.69 Å². The summed E-state index contributed by atoms with van der Waals surface area (Å²) in [5.41, 5.74) is 4.22. The summed E-state index contributed by atoms with van der Waals surface area (Å²) in [5, 5.41) is 0.294. The van der Waals surface area contributed by atoms with Gasteiger partial charge in [-0.3, -0.25) is 14.3 Å². The molecule has 11 heteroatoms. The Morgan fingerprint density at radius 2 is 2.26 bits per heavy atom. The van der Waals surface area contributed by atoms with Crippen LogP contribution < -0.4 is 17.0 Å². The molecule has 0 aromatic carbocycles. The quantitative estimate of drug-likeness (QED) is 0.482. The van der Waals surface area contributed by atoms with Crippen LogP contribution in [0.5, 0.6) is 0 Å². The zero-order valence-electron chi connectivity index (χ0n) is 18.0. The van der Waals surface area contributed by atoms with E-state index in [4.69, 9.17) is 31.3 Å². The molecule has 0 unspecified atom stereocenters. The minimum absolute atomic E-state index is 0.214. The van der Waals surface area contributed by atoms with Gasteiger partial charge in [0, 0.05) is 29.5 Å². The number of nitrogens with zero attached hydrogens (tertiary/aromatic N) is 1. The van der Waals surface area contributed by atoms with Gasteiger partial charge in [-0.25, -0.2) is 4.79 Å². The predicted molar refractivity (Wildman–Crippen MR) is 126 cm³/mol. The summed E-state index contributed by atoms with van der Waals surface area (Å²) in [5.74, 6) is 0.502. The van der Waals surface area contributed by atoms with E-state index in [1.54, 1.807) is 18.3 Å². The summed E-state index contributed by atoms with van der Waals surface area (Å²) in [6.07, 6.45) is 3.99. The molecule has 3 heterocycles. The lowest BCUT2D eigenvalue weighted by molar-refractivity contribution is -0.0253. The number of aromatic amines is 1. The van der Waals surface area contributed by atoms with Crippen molar-refractivity contribution < 1.29 is 13.8 Å². The first-order valence-corrected chi connectivity index (χ1v) is 14.6. The molecule has 2 saturated heterocycles. The topological polar surface area (TPSA) is 109 Å². The summed E-state index contributed by atoms with van der Waals surface area (Å²) in [4.78, 5) is 26.1. The minimum Gasteiger partial charge on any atom is -0.351 e. The van der Waals surface area contributed by atoms with Crippen molar-refractivity contribution in [2.45, 2.75) is 75.7 Å². The van der Waals surface area contributed by atoms with Crippen molar-refractivity contribution in [3.8, 4) is 0 Å². The Kier molecular flexibility index (Phi) is 6.46. The molecule has 3 aliphatic rings. The standard InChI is InChI=1S/C20H30N3O5PS2/c1-11(2)13-5-6-20(4)16(7-13)31-29(30,28-20)26-10-15-14(21)8-17(27-15)23-9-12(3)18(24)22-19(23)25/h9,13-17H,1,5-8,10,21H2,2-4H3,(H,22,24,25)/t13-,14-,15+,16+,17+,20+,29-/m0/s1. The third kappa shape index (κ3) is 4.67. The second-order valence-electron chi connectivity index (χ2n) is 9.07. The maximum Gasteiger partial charge on any atom is 0.330 e. The SMILES string of the molecule is C=C(C)[C@H]1CC[C@@]2(C)O[P@](=S)(OC[C@H]3O[C@@H](n4cc(C)c(=O)[nH]c4=O)C[C@@H]3N)S[C@@H]2C1. The third-order valence-corrected chi connectivity index (χ3v) is 12.3. The molecule has 1 aromatic rings. The molecular weight excluding hydrogens is 457 g/mol. The largest absolute Gasteiger partial charge is 0.351 e. The van der Waals surface area contributed by atoms with E-state index < -0.39 is 29.3 Å². The molecule has 8 nitrogen and oxygen atoms in total. The van der Waals surface area contributed by atoms with Crippen LogP contribution in [0.4, 0.5) is 0 Å². The maximum atomic E-state index is 12.2. The summed E-state index contributed by atoms with van der Waals surface area (Å²) in [6.45, 7) is 10.2. The van der Waals surface area contributed by atoms with Gasteiger partial charge in [-0.05, 0) is 57.8 Å². The number of fused-ring (bicyclic) bond motifs is 1. The van der Waals surface area contributed by atoms with E-state index in [9.17, 15) is 9.59 Å². The normalized spacial score (nSPS) is 40.1. The van der Waals surface area contributed by atoms with Crippen LogP contribution in [0.25, 0.3) is 0 Å². The summed E-state index contributed by atoms with van der Waals surface area (Å²) >= 11 is 7.48. The van der Waals surface area contributed by atoms with E-state index >= 15 is 0 Å². The molecule has 0 radical (unpaired) electrons. The average Bonchev–Trinajstić information content (AvgIpc) is 3.18. The number of nitrogens with two attached hydrogens (primary N) is 1. The summed E-state index contributed by atoms with van der Waals surface area (Å²) in [7, 11) is 0. The first-order valence-electron chi connectivity index (χ1n) is 10.5. The molecule has 0 bridgehead atoms. The van der Waals surface area contributed by atoms with Crippen molar-refractivity contribution >= 4 is 28.9 Å². The van der Waals surface area contributed by atoms with E-state index in [0.717, 1.165) is 19.3 Å². The first kappa shape index (κ1) is 23.4. The number of ether oxygens (including phenoxy) is 1. The fourth-order valence-electron chi connectivity index (χ4n) is 4.49. The van der Waals surface area contributed by atoms with Crippen LogP contribution in [0.2, 0.25) is 0 Å². The lowest BCUT2D eigenvalue weighted by atomic mass is 9.77. The molecule has 0 spiro atoms. The number of nitrogens with one attached hydrogen (secondary N) is 1. The van der Waals surface area contributed by atoms with Crippen LogP contribution in [0.15, 0.2) is 27.9 Å². The monoisotopic (exact) mass is 487 g/mol. The van der Waals surface area contributed by atoms with Crippen LogP contribution in [0, 0.1) is 12.8 Å². The Morgan fingerprint density at radius 1 is 1.52 bits per heavy atom. The summed E-state index contributed by atoms with van der Waals surface area (Å²) < 4.78 is 19.9. The Labute approximate surface area is 190 Å². The van der Waals surface area contributed by atoms with E-state index in [1.807, 2.05) is 0 Å². The molecule has 1 aliphatic carbocycles. The maximum absolute atomic E-state index is 12.2. The van der Waals surface area contributed by atoms with Gasteiger partial charge in [-0.2, -0.15) is 0 Å². The smallest absolute Gasteiger partial charge is 0.330 e. The van der Waals surface area contributed by atoms with Crippen LogP contribution in [-0.4, -0.2) is 39.2 Å². The van der Waals surface area contributed by atoms with Crippen molar-refractivity contribution in [1.29, 1.82) is 0 Å². The number of aromatic nitrogens is 2. The second-order valence-corrected chi connectivity index (χ2v) is 15.4. The Bertz CT molecular complexity index is 1040. The molecule has 3 N–H and O–H groups in total. The van der Waals surface area contributed by atoms with Crippen LogP contribution in [-0.2, 0) is 25.6 Å². The summed E-state index contributed by atoms with van der Waals surface area (Å²) in [6, 6.07) is -0.316. The molecular formula is C20H30N3O5PS2. The fourth-order valence-corrected chi connectivity index (χ4v) is 11.3. The van der Waals surface area contributed by atoms with E-state index in [2.05, 4.69) is 25.4 Å². The van der Waals surface area contributed by atoms with Crippen LogP contribution in [0.1, 0.15) is 51.3 Å². The number of allylic oxidation sites excluding steroid dienone is 1. The van der Waals surface area contributed by atoms with Gasteiger partial charge in [0.15, 0.2) is 0 Å². The molecule has 1 saturated carbocycles. The number of H-pyrrole nitrogens is 1. The van der Waals surface area contributed by atoms with E-state index in [-0.39, 0.29) is 18.2 Å². The molecule has 2 aliphatic heterocycles. The van der Waals surface area contributed by atoms with Crippen molar-refractivity contribution in [3.05, 3.63) is 44.8 Å². The lowest BCUT2D eigenvalue weighted by Crippen LogP contribution is -2.40. The van der Waals surface area contributed by atoms with E-state index in [0.29, 0.717) is 23.2 Å². The highest BCUT2D eigenvalue weighted by atomic mass is 32.9. The molecule has 172 valence electrons. The molecule has 4 rings (SSSR count). The van der Waals surface area contributed by atoms with Gasteiger partial charge in [-0.1, -0.05) is 23.5 Å². The predicted octanol–water partition coefficient (Wildman–Crippen LogP) is 2.97. The highest BCUT2D eigenvalue weighted by Gasteiger charge is 2.53. The molecule has 31 heavy (non-hydrogen) atoms. The zero-order valence-corrected chi connectivity index (χ0v) is 20.6. The number of aryl methyl sites for hydroxylation is 1. The van der Waals surface area contributed by atoms with Crippen molar-refractivity contribution in [2.24, 2.45) is 11.7 Å². The third-order valence-electron chi connectivity index (χ3n) is 6.58. The van der Waals surface area contributed by atoms with Crippen LogP contribution >= 0.6 is 17.1 Å². The molecule has 7 atom stereocenters. The van der Waals surface area contributed by atoms with E-state index in [1.165, 1.54) is 16.3 Å². The van der Waals surface area contributed by atoms with Crippen molar-refractivity contribution in [1.82, 2.24) is 9.55 Å². The van der Waals surface area contributed by atoms with Gasteiger partial charge in [0.1, 0.15) is 6.23 Å². The average molecular weight is 488 g/mol. The lowest BCUT2D eigenvalue weighted by Gasteiger charge is -2.37.